The van der Waals surface area contributed by atoms with Crippen molar-refractivity contribution < 1.29 is 9.59 Å². The molecule has 0 heterocycles. The molecular weight excluding hydrogens is 288 g/mol. The molecule has 1 saturated carbocycles. The predicted octanol–water partition coefficient (Wildman–Crippen LogP) is 2.99. The van der Waals surface area contributed by atoms with Crippen molar-refractivity contribution in [2.24, 2.45) is 0 Å². The summed E-state index contributed by atoms with van der Waals surface area (Å²) in [4.78, 5) is 23.6. The van der Waals surface area contributed by atoms with Gasteiger partial charge in [-0.25, -0.2) is 0 Å². The van der Waals surface area contributed by atoms with E-state index >= 15 is 0 Å². The molecule has 23 heavy (non-hydrogen) atoms. The minimum Gasteiger partial charge on any atom is -0.351 e. The first kappa shape index (κ1) is 15.3. The molecule has 0 radical (unpaired) electrons. The summed E-state index contributed by atoms with van der Waals surface area (Å²) in [6, 6.07) is 17.5. The second-order valence-corrected chi connectivity index (χ2v) is 6.01. The third-order valence-electron chi connectivity index (χ3n) is 4.24. The van der Waals surface area contributed by atoms with Crippen LogP contribution in [0.3, 0.4) is 0 Å². The smallest absolute Gasteiger partial charge is 0.230 e. The van der Waals surface area contributed by atoms with Crippen LogP contribution in [0.4, 0.5) is 5.69 Å². The quantitative estimate of drug-likeness (QED) is 0.892. The van der Waals surface area contributed by atoms with E-state index in [9.17, 15) is 9.59 Å². The van der Waals surface area contributed by atoms with E-state index in [1.807, 2.05) is 54.6 Å². The van der Waals surface area contributed by atoms with E-state index in [0.717, 1.165) is 29.7 Å². The van der Waals surface area contributed by atoms with Crippen LogP contribution in [-0.2, 0) is 21.5 Å². The maximum Gasteiger partial charge on any atom is 0.230 e. The average molecular weight is 308 g/mol. The Hall–Kier alpha value is -2.62. The van der Waals surface area contributed by atoms with Crippen molar-refractivity contribution in [3.8, 4) is 0 Å². The van der Waals surface area contributed by atoms with Gasteiger partial charge in [-0.05, 0) is 36.1 Å². The van der Waals surface area contributed by atoms with Crippen LogP contribution in [0, 0.1) is 0 Å². The maximum atomic E-state index is 12.6. The minimum atomic E-state index is -0.399. The molecule has 2 amide bonds. The van der Waals surface area contributed by atoms with Gasteiger partial charge >= 0.3 is 0 Å². The number of amides is 2. The predicted molar refractivity (Wildman–Crippen MR) is 89.9 cm³/mol. The first-order valence-electron chi connectivity index (χ1n) is 7.80. The highest BCUT2D eigenvalue weighted by atomic mass is 16.2. The van der Waals surface area contributed by atoms with Crippen molar-refractivity contribution in [1.29, 1.82) is 0 Å². The Morgan fingerprint density at radius 3 is 2.22 bits per heavy atom. The standard InChI is InChI=1S/C19H20N2O2/c1-14(22)21-17-9-7-16(8-10-17)19(11-12-19)18(23)20-13-15-5-3-2-4-6-15/h2-10H,11-13H2,1H3,(H,20,23)(H,21,22). The lowest BCUT2D eigenvalue weighted by Gasteiger charge is -2.16. The Kier molecular flexibility index (Phi) is 4.15. The monoisotopic (exact) mass is 308 g/mol. The summed E-state index contributed by atoms with van der Waals surface area (Å²) in [5, 5.41) is 5.78. The molecule has 0 aliphatic heterocycles. The number of nitrogens with one attached hydrogen (secondary N) is 2. The van der Waals surface area contributed by atoms with Crippen LogP contribution in [-0.4, -0.2) is 11.8 Å². The van der Waals surface area contributed by atoms with Gasteiger partial charge in [0, 0.05) is 19.2 Å². The number of carbonyl (C=O) groups excluding carboxylic acids is 2. The van der Waals surface area contributed by atoms with Crippen molar-refractivity contribution in [2.45, 2.75) is 31.7 Å². The van der Waals surface area contributed by atoms with Gasteiger partial charge in [-0.15, -0.1) is 0 Å². The number of carbonyl (C=O) groups is 2. The third-order valence-corrected chi connectivity index (χ3v) is 4.24. The van der Waals surface area contributed by atoms with E-state index in [-0.39, 0.29) is 11.8 Å². The molecule has 0 saturated heterocycles. The molecule has 4 nitrogen and oxygen atoms in total. The van der Waals surface area contributed by atoms with Crippen molar-refractivity contribution in [2.75, 3.05) is 5.32 Å². The van der Waals surface area contributed by atoms with Gasteiger partial charge < -0.3 is 10.6 Å². The maximum absolute atomic E-state index is 12.6. The molecule has 0 bridgehead atoms. The lowest BCUT2D eigenvalue weighted by Crippen LogP contribution is -2.34. The zero-order chi connectivity index (χ0) is 16.3. The van der Waals surface area contributed by atoms with Gasteiger partial charge in [0.1, 0.15) is 0 Å². The summed E-state index contributed by atoms with van der Waals surface area (Å²) in [6.07, 6.45) is 1.74. The first-order chi connectivity index (χ1) is 11.1. The van der Waals surface area contributed by atoms with Crippen LogP contribution in [0.1, 0.15) is 30.9 Å². The summed E-state index contributed by atoms with van der Waals surface area (Å²) < 4.78 is 0. The number of hydrogen-bond donors (Lipinski definition) is 2. The van der Waals surface area contributed by atoms with Gasteiger partial charge in [0.2, 0.25) is 11.8 Å². The molecule has 2 aromatic rings. The van der Waals surface area contributed by atoms with Gasteiger partial charge in [0.25, 0.3) is 0 Å². The summed E-state index contributed by atoms with van der Waals surface area (Å²) >= 11 is 0. The summed E-state index contributed by atoms with van der Waals surface area (Å²) in [5.74, 6) is -0.0203. The molecule has 118 valence electrons. The van der Waals surface area contributed by atoms with Gasteiger partial charge in [-0.2, -0.15) is 0 Å². The highest BCUT2D eigenvalue weighted by Crippen LogP contribution is 2.48. The van der Waals surface area contributed by atoms with E-state index in [1.54, 1.807) is 0 Å². The fraction of sp³-hybridized carbons (Fsp3) is 0.263. The van der Waals surface area contributed by atoms with Crippen LogP contribution in [0.2, 0.25) is 0 Å². The van der Waals surface area contributed by atoms with E-state index in [2.05, 4.69) is 10.6 Å². The normalized spacial score (nSPS) is 14.8. The molecule has 2 N–H and O–H groups in total. The SMILES string of the molecule is CC(=O)Nc1ccc(C2(C(=O)NCc3ccccc3)CC2)cc1. The molecular formula is C19H20N2O2. The molecule has 4 heteroatoms. The van der Waals surface area contributed by atoms with Crippen LogP contribution >= 0.6 is 0 Å². The number of anilines is 1. The first-order valence-corrected chi connectivity index (χ1v) is 7.80. The topological polar surface area (TPSA) is 58.2 Å². The van der Waals surface area contributed by atoms with Crippen molar-refractivity contribution in [3.05, 3.63) is 65.7 Å². The molecule has 0 spiro atoms. The summed E-state index contributed by atoms with van der Waals surface area (Å²) in [7, 11) is 0. The molecule has 2 aromatic carbocycles. The van der Waals surface area contributed by atoms with Gasteiger partial charge in [-0.1, -0.05) is 42.5 Å². The average Bonchev–Trinajstić information content (AvgIpc) is 3.35. The van der Waals surface area contributed by atoms with Gasteiger partial charge in [-0.3, -0.25) is 9.59 Å². The van der Waals surface area contributed by atoms with Gasteiger partial charge in [0.05, 0.1) is 5.41 Å². The Morgan fingerprint density at radius 1 is 1.00 bits per heavy atom. The van der Waals surface area contributed by atoms with E-state index in [1.165, 1.54) is 6.92 Å². The zero-order valence-electron chi connectivity index (χ0n) is 13.1. The Morgan fingerprint density at radius 2 is 1.65 bits per heavy atom. The lowest BCUT2D eigenvalue weighted by atomic mass is 9.94. The second-order valence-electron chi connectivity index (χ2n) is 6.01. The molecule has 0 unspecified atom stereocenters. The third kappa shape index (κ3) is 3.42. The molecule has 0 aromatic heterocycles. The minimum absolute atomic E-state index is 0.0774. The Bertz CT molecular complexity index is 704. The second kappa shape index (κ2) is 6.24. The summed E-state index contributed by atoms with van der Waals surface area (Å²) in [5.41, 5.74) is 2.46. The summed E-state index contributed by atoms with van der Waals surface area (Å²) in [6.45, 7) is 2.03. The van der Waals surface area contributed by atoms with Crippen LogP contribution in [0.15, 0.2) is 54.6 Å². The van der Waals surface area contributed by atoms with Crippen molar-refractivity contribution in [1.82, 2.24) is 5.32 Å². The Balaban J connectivity index is 1.66. The van der Waals surface area contributed by atoms with Gasteiger partial charge in [0.15, 0.2) is 0 Å². The fourth-order valence-corrected chi connectivity index (χ4v) is 2.80. The molecule has 3 rings (SSSR count). The molecule has 1 fully saturated rings. The highest BCUT2D eigenvalue weighted by molar-refractivity contribution is 5.92. The molecule has 0 atom stereocenters. The van der Waals surface area contributed by atoms with Crippen LogP contribution in [0.25, 0.3) is 0 Å². The molecule has 1 aliphatic carbocycles. The number of benzene rings is 2. The fourth-order valence-electron chi connectivity index (χ4n) is 2.80. The van der Waals surface area contributed by atoms with E-state index < -0.39 is 5.41 Å². The lowest BCUT2D eigenvalue weighted by molar-refractivity contribution is -0.123. The highest BCUT2D eigenvalue weighted by Gasteiger charge is 2.51. The van der Waals surface area contributed by atoms with Crippen LogP contribution < -0.4 is 10.6 Å². The van der Waals surface area contributed by atoms with Crippen molar-refractivity contribution >= 4 is 17.5 Å². The number of hydrogen-bond acceptors (Lipinski definition) is 2. The van der Waals surface area contributed by atoms with Crippen LogP contribution in [0.5, 0.6) is 0 Å². The van der Waals surface area contributed by atoms with Crippen molar-refractivity contribution in [3.63, 3.8) is 0 Å². The Labute approximate surface area is 135 Å². The van der Waals surface area contributed by atoms with E-state index in [0.29, 0.717) is 6.54 Å². The molecule has 1 aliphatic rings. The largest absolute Gasteiger partial charge is 0.351 e. The number of rotatable bonds is 5. The van der Waals surface area contributed by atoms with E-state index in [4.69, 9.17) is 0 Å². The zero-order valence-corrected chi connectivity index (χ0v) is 13.1.